The number of carbonyl (C=O) groups is 1. The number of carbonyl (C=O) groups excluding carboxylic acids is 1. The van der Waals surface area contributed by atoms with Crippen LogP contribution in [0.5, 0.6) is 0 Å². The minimum atomic E-state index is -0.190. The number of hydrogen-bond donors (Lipinski definition) is 1. The summed E-state index contributed by atoms with van der Waals surface area (Å²) >= 11 is 0. The number of likely N-dealkylation sites (tertiary alicyclic amines) is 1. The van der Waals surface area contributed by atoms with Crippen LogP contribution in [0.2, 0.25) is 0 Å². The summed E-state index contributed by atoms with van der Waals surface area (Å²) in [6.07, 6.45) is 2.66. The van der Waals surface area contributed by atoms with Gasteiger partial charge in [-0.15, -0.1) is 0 Å². The maximum absolute atomic E-state index is 12.8. The van der Waals surface area contributed by atoms with E-state index in [9.17, 15) is 4.79 Å². The quantitative estimate of drug-likeness (QED) is 0.732. The van der Waals surface area contributed by atoms with Crippen LogP contribution < -0.4 is 5.32 Å². The van der Waals surface area contributed by atoms with E-state index in [1.165, 1.54) is 5.56 Å². The van der Waals surface area contributed by atoms with E-state index in [1.54, 1.807) is 4.90 Å². The standard InChI is InChI=1S/C21H22N4O2/c1-2-15-8-6-11-17(14-15)22-21(26)25-13-7-12-18(25)20-23-19(24-27-20)16-9-4-3-5-10-16/h3-6,8-11,14,18H,2,7,12-13H2,1H3,(H,22,26)/t18-/m1/s1. The lowest BCUT2D eigenvalue weighted by molar-refractivity contribution is 0.193. The lowest BCUT2D eigenvalue weighted by Gasteiger charge is -2.22. The van der Waals surface area contributed by atoms with Crippen LogP contribution >= 0.6 is 0 Å². The zero-order chi connectivity index (χ0) is 18.6. The Kier molecular flexibility index (Phi) is 4.87. The first-order valence-electron chi connectivity index (χ1n) is 9.30. The zero-order valence-corrected chi connectivity index (χ0v) is 15.3. The molecule has 2 heterocycles. The summed E-state index contributed by atoms with van der Waals surface area (Å²) in [5.74, 6) is 1.04. The maximum atomic E-state index is 12.8. The first kappa shape index (κ1) is 17.3. The van der Waals surface area contributed by atoms with Gasteiger partial charge in [0, 0.05) is 17.8 Å². The smallest absolute Gasteiger partial charge is 0.322 e. The number of aromatic nitrogens is 2. The number of anilines is 1. The highest BCUT2D eigenvalue weighted by Crippen LogP contribution is 2.32. The van der Waals surface area contributed by atoms with Crippen LogP contribution in [0.3, 0.4) is 0 Å². The van der Waals surface area contributed by atoms with Crippen molar-refractivity contribution in [3.8, 4) is 11.4 Å². The molecular formula is C21H22N4O2. The van der Waals surface area contributed by atoms with Gasteiger partial charge < -0.3 is 14.7 Å². The second-order valence-electron chi connectivity index (χ2n) is 6.66. The van der Waals surface area contributed by atoms with Gasteiger partial charge in [-0.25, -0.2) is 4.79 Å². The topological polar surface area (TPSA) is 71.3 Å². The third kappa shape index (κ3) is 3.69. The van der Waals surface area contributed by atoms with Crippen LogP contribution in [0.1, 0.15) is 37.3 Å². The van der Waals surface area contributed by atoms with Crippen molar-refractivity contribution in [3.05, 3.63) is 66.1 Å². The molecule has 27 heavy (non-hydrogen) atoms. The number of nitrogens with one attached hydrogen (secondary N) is 1. The number of nitrogens with zero attached hydrogens (tertiary/aromatic N) is 3. The van der Waals surface area contributed by atoms with Crippen molar-refractivity contribution in [2.75, 3.05) is 11.9 Å². The summed E-state index contributed by atoms with van der Waals surface area (Å²) in [5.41, 5.74) is 2.90. The van der Waals surface area contributed by atoms with Gasteiger partial charge in [0.05, 0.1) is 0 Å². The molecule has 0 radical (unpaired) electrons. The minimum absolute atomic E-state index is 0.134. The molecule has 138 valence electrons. The summed E-state index contributed by atoms with van der Waals surface area (Å²) in [6.45, 7) is 2.77. The van der Waals surface area contributed by atoms with Gasteiger partial charge in [-0.2, -0.15) is 4.98 Å². The van der Waals surface area contributed by atoms with Gasteiger partial charge in [-0.05, 0) is 37.0 Å². The van der Waals surface area contributed by atoms with E-state index >= 15 is 0 Å². The largest absolute Gasteiger partial charge is 0.337 e. The van der Waals surface area contributed by atoms with E-state index in [0.717, 1.165) is 30.5 Å². The van der Waals surface area contributed by atoms with E-state index in [0.29, 0.717) is 18.3 Å². The molecule has 0 saturated carbocycles. The molecule has 6 nitrogen and oxygen atoms in total. The van der Waals surface area contributed by atoms with Crippen LogP contribution in [0.15, 0.2) is 59.1 Å². The van der Waals surface area contributed by atoms with Crippen molar-refractivity contribution in [2.24, 2.45) is 0 Å². The monoisotopic (exact) mass is 362 g/mol. The lowest BCUT2D eigenvalue weighted by atomic mass is 10.1. The lowest BCUT2D eigenvalue weighted by Crippen LogP contribution is -2.34. The second kappa shape index (κ2) is 7.61. The molecule has 1 fully saturated rings. The first-order chi connectivity index (χ1) is 13.2. The SMILES string of the molecule is CCc1cccc(NC(=O)N2CCC[C@@H]2c2nc(-c3ccccc3)no2)c1. The Morgan fingerprint density at radius 2 is 2.07 bits per heavy atom. The van der Waals surface area contributed by atoms with E-state index in [4.69, 9.17) is 4.52 Å². The van der Waals surface area contributed by atoms with E-state index in [-0.39, 0.29) is 12.1 Å². The molecule has 1 N–H and O–H groups in total. The molecule has 0 spiro atoms. The van der Waals surface area contributed by atoms with E-state index < -0.39 is 0 Å². The summed E-state index contributed by atoms with van der Waals surface area (Å²) in [5, 5.41) is 7.08. The second-order valence-corrected chi connectivity index (χ2v) is 6.66. The average molecular weight is 362 g/mol. The summed E-state index contributed by atoms with van der Waals surface area (Å²) < 4.78 is 5.49. The zero-order valence-electron chi connectivity index (χ0n) is 15.3. The fourth-order valence-electron chi connectivity index (χ4n) is 3.41. The Balaban J connectivity index is 1.50. The minimum Gasteiger partial charge on any atom is -0.337 e. The highest BCUT2D eigenvalue weighted by Gasteiger charge is 2.34. The molecule has 3 aromatic rings. The molecule has 2 aromatic carbocycles. The van der Waals surface area contributed by atoms with Crippen molar-refractivity contribution in [3.63, 3.8) is 0 Å². The molecule has 1 aliphatic rings. The average Bonchev–Trinajstić information content (AvgIpc) is 3.38. The predicted octanol–water partition coefficient (Wildman–Crippen LogP) is 4.67. The Labute approximate surface area is 158 Å². The Hall–Kier alpha value is -3.15. The fourth-order valence-corrected chi connectivity index (χ4v) is 3.41. The van der Waals surface area contributed by atoms with Gasteiger partial charge >= 0.3 is 6.03 Å². The molecule has 6 heteroatoms. The molecule has 0 bridgehead atoms. The fraction of sp³-hybridized carbons (Fsp3) is 0.286. The molecule has 1 saturated heterocycles. The predicted molar refractivity (Wildman–Crippen MR) is 103 cm³/mol. The van der Waals surface area contributed by atoms with Crippen LogP contribution in [0, 0.1) is 0 Å². The van der Waals surface area contributed by atoms with Crippen molar-refractivity contribution < 1.29 is 9.32 Å². The number of amides is 2. The van der Waals surface area contributed by atoms with Crippen molar-refractivity contribution >= 4 is 11.7 Å². The number of hydrogen-bond acceptors (Lipinski definition) is 4. The van der Waals surface area contributed by atoms with Gasteiger partial charge in [-0.1, -0.05) is 54.5 Å². The highest BCUT2D eigenvalue weighted by atomic mass is 16.5. The number of aryl methyl sites for hydroxylation is 1. The van der Waals surface area contributed by atoms with Gasteiger partial charge in [0.15, 0.2) is 0 Å². The Bertz CT molecular complexity index is 923. The van der Waals surface area contributed by atoms with Gasteiger partial charge in [0.25, 0.3) is 0 Å². The molecular weight excluding hydrogens is 340 g/mol. The molecule has 1 atom stereocenters. The van der Waals surface area contributed by atoms with Crippen molar-refractivity contribution in [2.45, 2.75) is 32.2 Å². The maximum Gasteiger partial charge on any atom is 0.322 e. The normalized spacial score (nSPS) is 16.5. The molecule has 4 rings (SSSR count). The summed E-state index contributed by atoms with van der Waals surface area (Å²) in [6, 6.07) is 17.3. The number of urea groups is 1. The molecule has 1 aliphatic heterocycles. The van der Waals surface area contributed by atoms with Crippen LogP contribution in [-0.4, -0.2) is 27.6 Å². The van der Waals surface area contributed by atoms with Crippen molar-refractivity contribution in [1.29, 1.82) is 0 Å². The Morgan fingerprint density at radius 3 is 2.89 bits per heavy atom. The van der Waals surface area contributed by atoms with E-state index in [2.05, 4.69) is 28.4 Å². The third-order valence-electron chi connectivity index (χ3n) is 4.86. The Morgan fingerprint density at radius 1 is 1.22 bits per heavy atom. The number of rotatable bonds is 4. The van der Waals surface area contributed by atoms with Gasteiger partial charge in [0.2, 0.25) is 11.7 Å². The van der Waals surface area contributed by atoms with Crippen LogP contribution in [0.4, 0.5) is 10.5 Å². The van der Waals surface area contributed by atoms with E-state index in [1.807, 2.05) is 48.5 Å². The van der Waals surface area contributed by atoms with Crippen LogP contribution in [0.25, 0.3) is 11.4 Å². The van der Waals surface area contributed by atoms with Gasteiger partial charge in [-0.3, -0.25) is 0 Å². The first-order valence-corrected chi connectivity index (χ1v) is 9.30. The van der Waals surface area contributed by atoms with Crippen molar-refractivity contribution in [1.82, 2.24) is 15.0 Å². The van der Waals surface area contributed by atoms with Gasteiger partial charge in [0.1, 0.15) is 6.04 Å². The summed E-state index contributed by atoms with van der Waals surface area (Å²) in [4.78, 5) is 19.1. The molecule has 0 aliphatic carbocycles. The summed E-state index contributed by atoms with van der Waals surface area (Å²) in [7, 11) is 0. The molecule has 1 aromatic heterocycles. The number of benzene rings is 2. The third-order valence-corrected chi connectivity index (χ3v) is 4.86. The highest BCUT2D eigenvalue weighted by molar-refractivity contribution is 5.89. The van der Waals surface area contributed by atoms with Crippen LogP contribution in [-0.2, 0) is 6.42 Å². The molecule has 0 unspecified atom stereocenters. The molecule has 2 amide bonds.